The van der Waals surface area contributed by atoms with Crippen LogP contribution in [0.15, 0.2) is 31.1 Å². The van der Waals surface area contributed by atoms with Gasteiger partial charge in [0.1, 0.15) is 17.8 Å². The Morgan fingerprint density at radius 2 is 2.19 bits per heavy atom. The van der Waals surface area contributed by atoms with Crippen LogP contribution in [0.2, 0.25) is 0 Å². The second kappa shape index (κ2) is 5.90. The number of carbonyl (C=O) groups excluding carboxylic acids is 1. The number of hydrogen-bond donors (Lipinski definition) is 1. The molecule has 2 aromatic rings. The van der Waals surface area contributed by atoms with Crippen LogP contribution >= 0.6 is 0 Å². The molecule has 0 bridgehead atoms. The van der Waals surface area contributed by atoms with Gasteiger partial charge >= 0.3 is 0 Å². The molecule has 3 rings (SSSR count). The zero-order valence-electron chi connectivity index (χ0n) is 11.9. The molecule has 7 heteroatoms. The van der Waals surface area contributed by atoms with Gasteiger partial charge in [-0.15, -0.1) is 0 Å². The highest BCUT2D eigenvalue weighted by atomic mass is 16.2. The number of aromatic amines is 1. The Kier molecular flexibility index (Phi) is 3.81. The molecule has 1 N–H and O–H groups in total. The molecule has 0 aromatic carbocycles. The van der Waals surface area contributed by atoms with Crippen LogP contribution in [-0.4, -0.2) is 56.9 Å². The number of H-pyrrole nitrogens is 1. The summed E-state index contributed by atoms with van der Waals surface area (Å²) in [6.07, 6.45) is 8.27. The number of anilines is 1. The Morgan fingerprint density at radius 3 is 2.81 bits per heavy atom. The largest absolute Gasteiger partial charge is 0.356 e. The summed E-state index contributed by atoms with van der Waals surface area (Å²) in [4.78, 5) is 31.2. The van der Waals surface area contributed by atoms with Gasteiger partial charge in [-0.05, 0) is 18.9 Å². The summed E-state index contributed by atoms with van der Waals surface area (Å²) in [6, 6.07) is 2.30. The first-order valence-corrected chi connectivity index (χ1v) is 7.02. The predicted octanol–water partition coefficient (Wildman–Crippen LogP) is 0.941. The summed E-state index contributed by atoms with van der Waals surface area (Å²) < 4.78 is 0. The lowest BCUT2D eigenvalue weighted by molar-refractivity contribution is 0.0708. The molecular weight excluding hydrogens is 268 g/mol. The minimum Gasteiger partial charge on any atom is -0.356 e. The van der Waals surface area contributed by atoms with Crippen molar-refractivity contribution in [3.63, 3.8) is 0 Å². The molecule has 3 heterocycles. The van der Waals surface area contributed by atoms with Crippen LogP contribution in [0.1, 0.15) is 23.3 Å². The van der Waals surface area contributed by atoms with Crippen LogP contribution in [0.3, 0.4) is 0 Å². The van der Waals surface area contributed by atoms with Crippen molar-refractivity contribution in [2.24, 2.45) is 0 Å². The monoisotopic (exact) mass is 286 g/mol. The van der Waals surface area contributed by atoms with Crippen LogP contribution in [0, 0.1) is 0 Å². The average Bonchev–Trinajstić information content (AvgIpc) is 3.09. The third kappa shape index (κ3) is 2.86. The van der Waals surface area contributed by atoms with E-state index in [0.717, 1.165) is 31.7 Å². The topological polar surface area (TPSA) is 78.0 Å². The molecule has 1 aliphatic heterocycles. The fourth-order valence-corrected chi connectivity index (χ4v) is 2.68. The first-order chi connectivity index (χ1) is 10.3. The number of rotatable bonds is 3. The molecule has 1 amide bonds. The van der Waals surface area contributed by atoms with Crippen molar-refractivity contribution in [2.75, 3.05) is 25.0 Å². The lowest BCUT2D eigenvalue weighted by atomic mass is 10.0. The number of piperidine rings is 1. The van der Waals surface area contributed by atoms with Gasteiger partial charge in [0.05, 0.1) is 12.5 Å². The van der Waals surface area contributed by atoms with E-state index in [1.165, 1.54) is 6.33 Å². The van der Waals surface area contributed by atoms with Crippen molar-refractivity contribution < 1.29 is 4.79 Å². The molecule has 0 radical (unpaired) electrons. The van der Waals surface area contributed by atoms with E-state index < -0.39 is 0 Å². The van der Waals surface area contributed by atoms with Gasteiger partial charge in [-0.1, -0.05) is 0 Å². The zero-order chi connectivity index (χ0) is 14.7. The number of amides is 1. The first-order valence-electron chi connectivity index (χ1n) is 7.02. The number of carbonyl (C=O) groups is 1. The highest BCUT2D eigenvalue weighted by Gasteiger charge is 2.26. The van der Waals surface area contributed by atoms with Crippen molar-refractivity contribution in [3.8, 4) is 0 Å². The first kappa shape index (κ1) is 13.5. The Morgan fingerprint density at radius 1 is 1.38 bits per heavy atom. The number of likely N-dealkylation sites (tertiary alicyclic amines) is 1. The third-order valence-electron chi connectivity index (χ3n) is 3.96. The van der Waals surface area contributed by atoms with Crippen LogP contribution in [0.5, 0.6) is 0 Å². The van der Waals surface area contributed by atoms with Crippen molar-refractivity contribution in [2.45, 2.75) is 18.9 Å². The molecule has 1 aliphatic rings. The van der Waals surface area contributed by atoms with Gasteiger partial charge in [-0.2, -0.15) is 0 Å². The van der Waals surface area contributed by atoms with Crippen LogP contribution in [-0.2, 0) is 0 Å². The van der Waals surface area contributed by atoms with Gasteiger partial charge in [-0.3, -0.25) is 4.79 Å². The van der Waals surface area contributed by atoms with E-state index in [-0.39, 0.29) is 5.91 Å². The van der Waals surface area contributed by atoms with Crippen LogP contribution in [0.4, 0.5) is 5.82 Å². The van der Waals surface area contributed by atoms with Crippen molar-refractivity contribution in [1.29, 1.82) is 0 Å². The molecular formula is C14H18N6O. The van der Waals surface area contributed by atoms with E-state index >= 15 is 0 Å². The fraction of sp³-hybridized carbons (Fsp3) is 0.429. The van der Waals surface area contributed by atoms with Crippen molar-refractivity contribution in [3.05, 3.63) is 36.8 Å². The van der Waals surface area contributed by atoms with Crippen molar-refractivity contribution >= 4 is 11.7 Å². The Labute approximate surface area is 123 Å². The SMILES string of the molecule is CN(c1ccncn1)C1CCN(C(=O)c2cnc[nH]2)CC1. The minimum atomic E-state index is 0.0237. The zero-order valence-corrected chi connectivity index (χ0v) is 11.9. The summed E-state index contributed by atoms with van der Waals surface area (Å²) in [6.45, 7) is 1.50. The van der Waals surface area contributed by atoms with Gasteiger partial charge < -0.3 is 14.8 Å². The van der Waals surface area contributed by atoms with Gasteiger partial charge in [0.25, 0.3) is 5.91 Å². The molecule has 1 fully saturated rings. The molecule has 7 nitrogen and oxygen atoms in total. The van der Waals surface area contributed by atoms with Gasteiger partial charge in [0, 0.05) is 32.4 Å². The normalized spacial score (nSPS) is 16.0. The number of nitrogens with one attached hydrogen (secondary N) is 1. The van der Waals surface area contributed by atoms with E-state index in [4.69, 9.17) is 0 Å². The van der Waals surface area contributed by atoms with E-state index in [1.54, 1.807) is 18.7 Å². The molecule has 110 valence electrons. The van der Waals surface area contributed by atoms with Crippen LogP contribution < -0.4 is 4.90 Å². The van der Waals surface area contributed by atoms with Gasteiger partial charge in [0.2, 0.25) is 0 Å². The molecule has 1 saturated heterocycles. The minimum absolute atomic E-state index is 0.0237. The summed E-state index contributed by atoms with van der Waals surface area (Å²) in [5, 5.41) is 0. The summed E-state index contributed by atoms with van der Waals surface area (Å²) in [5.41, 5.74) is 0.553. The quantitative estimate of drug-likeness (QED) is 0.908. The number of imidazole rings is 1. The second-order valence-electron chi connectivity index (χ2n) is 5.17. The molecule has 0 spiro atoms. The highest BCUT2D eigenvalue weighted by Crippen LogP contribution is 2.20. The molecule has 0 aliphatic carbocycles. The Hall–Kier alpha value is -2.44. The molecule has 0 unspecified atom stereocenters. The summed E-state index contributed by atoms with van der Waals surface area (Å²) in [5.74, 6) is 0.944. The molecule has 0 atom stereocenters. The predicted molar refractivity (Wildman–Crippen MR) is 77.9 cm³/mol. The average molecular weight is 286 g/mol. The fourth-order valence-electron chi connectivity index (χ4n) is 2.68. The molecule has 21 heavy (non-hydrogen) atoms. The van der Waals surface area contributed by atoms with Crippen molar-refractivity contribution in [1.82, 2.24) is 24.8 Å². The van der Waals surface area contributed by atoms with E-state index in [9.17, 15) is 4.79 Å². The van der Waals surface area contributed by atoms with E-state index in [1.807, 2.05) is 18.0 Å². The number of hydrogen-bond acceptors (Lipinski definition) is 5. The second-order valence-corrected chi connectivity index (χ2v) is 5.17. The number of aromatic nitrogens is 4. The van der Waals surface area contributed by atoms with Crippen LogP contribution in [0.25, 0.3) is 0 Å². The smallest absolute Gasteiger partial charge is 0.271 e. The maximum Gasteiger partial charge on any atom is 0.271 e. The molecule has 0 saturated carbocycles. The number of nitrogens with zero attached hydrogens (tertiary/aromatic N) is 5. The highest BCUT2D eigenvalue weighted by molar-refractivity contribution is 5.92. The maximum atomic E-state index is 12.2. The Bertz CT molecular complexity index is 577. The van der Waals surface area contributed by atoms with E-state index in [2.05, 4.69) is 24.8 Å². The Balaban J connectivity index is 1.59. The van der Waals surface area contributed by atoms with E-state index in [0.29, 0.717) is 11.7 Å². The lowest BCUT2D eigenvalue weighted by Gasteiger charge is -2.37. The third-order valence-corrected chi connectivity index (χ3v) is 3.96. The molecule has 2 aromatic heterocycles. The summed E-state index contributed by atoms with van der Waals surface area (Å²) >= 11 is 0. The van der Waals surface area contributed by atoms with Gasteiger partial charge in [-0.25, -0.2) is 15.0 Å². The maximum absolute atomic E-state index is 12.2. The standard InChI is InChI=1S/C14H18N6O/c1-19(13-2-5-15-9-18-13)11-3-6-20(7-4-11)14(21)12-8-16-10-17-12/h2,5,8-11H,3-4,6-7H2,1H3,(H,16,17). The van der Waals surface area contributed by atoms with Gasteiger partial charge in [0.15, 0.2) is 0 Å². The summed E-state index contributed by atoms with van der Waals surface area (Å²) in [7, 11) is 2.04. The lowest BCUT2D eigenvalue weighted by Crippen LogP contribution is -2.46.